The zero-order chi connectivity index (χ0) is 13.1. The number of carboxylic acids is 1. The van der Waals surface area contributed by atoms with Gasteiger partial charge in [-0.25, -0.2) is 0 Å². The standard InChI is InChI=1S/C12H17N3O3/c1-9-2-5-13-15(9)7-4-11(16)14-6-3-10(8-14)12(17)18/h2,5,10H,3-4,6-8H2,1H3,(H,17,18). The molecule has 1 atom stereocenters. The van der Waals surface area contributed by atoms with E-state index < -0.39 is 11.9 Å². The smallest absolute Gasteiger partial charge is 0.308 e. The van der Waals surface area contributed by atoms with E-state index in [-0.39, 0.29) is 5.91 Å². The predicted molar refractivity (Wildman–Crippen MR) is 63.9 cm³/mol. The molecule has 1 fully saturated rings. The maximum Gasteiger partial charge on any atom is 0.308 e. The van der Waals surface area contributed by atoms with Crippen molar-refractivity contribution in [1.82, 2.24) is 14.7 Å². The SMILES string of the molecule is Cc1ccnn1CCC(=O)N1CCC(C(=O)O)C1. The molecule has 0 aromatic carbocycles. The van der Waals surface area contributed by atoms with Gasteiger partial charge in [-0.1, -0.05) is 0 Å². The van der Waals surface area contributed by atoms with Gasteiger partial charge in [0.1, 0.15) is 0 Å². The largest absolute Gasteiger partial charge is 0.481 e. The third kappa shape index (κ3) is 2.69. The van der Waals surface area contributed by atoms with E-state index in [1.54, 1.807) is 15.8 Å². The molecule has 0 radical (unpaired) electrons. The number of carbonyl (C=O) groups is 2. The highest BCUT2D eigenvalue weighted by Gasteiger charge is 2.30. The number of hydrogen-bond donors (Lipinski definition) is 1. The van der Waals surface area contributed by atoms with Crippen LogP contribution in [-0.4, -0.2) is 44.8 Å². The first kappa shape index (κ1) is 12.6. The summed E-state index contributed by atoms with van der Waals surface area (Å²) in [5.74, 6) is -1.21. The van der Waals surface area contributed by atoms with Gasteiger partial charge in [-0.15, -0.1) is 0 Å². The third-order valence-corrected chi connectivity index (χ3v) is 3.36. The van der Waals surface area contributed by atoms with Crippen molar-refractivity contribution in [3.05, 3.63) is 18.0 Å². The van der Waals surface area contributed by atoms with Crippen LogP contribution in [0.2, 0.25) is 0 Å². The van der Waals surface area contributed by atoms with Gasteiger partial charge in [-0.2, -0.15) is 5.10 Å². The second-order valence-electron chi connectivity index (χ2n) is 4.61. The first-order valence-corrected chi connectivity index (χ1v) is 6.07. The average Bonchev–Trinajstić information content (AvgIpc) is 2.94. The monoisotopic (exact) mass is 251 g/mol. The van der Waals surface area contributed by atoms with Gasteiger partial charge < -0.3 is 10.0 Å². The number of aliphatic carboxylic acids is 1. The second kappa shape index (κ2) is 5.20. The van der Waals surface area contributed by atoms with E-state index in [1.165, 1.54) is 0 Å². The average molecular weight is 251 g/mol. The van der Waals surface area contributed by atoms with Crippen molar-refractivity contribution in [2.24, 2.45) is 5.92 Å². The van der Waals surface area contributed by atoms with Crippen LogP contribution in [-0.2, 0) is 16.1 Å². The molecule has 0 spiro atoms. The van der Waals surface area contributed by atoms with Crippen molar-refractivity contribution < 1.29 is 14.7 Å². The van der Waals surface area contributed by atoms with Crippen molar-refractivity contribution in [3.63, 3.8) is 0 Å². The summed E-state index contributed by atoms with van der Waals surface area (Å²) in [5, 5.41) is 13.0. The number of carboxylic acid groups (broad SMARTS) is 1. The molecule has 2 heterocycles. The molecule has 6 heteroatoms. The lowest BCUT2D eigenvalue weighted by atomic mass is 10.1. The van der Waals surface area contributed by atoms with Crippen LogP contribution in [0.4, 0.5) is 0 Å². The summed E-state index contributed by atoms with van der Waals surface area (Å²) >= 11 is 0. The predicted octanol–water partition coefficient (Wildman–Crippen LogP) is 0.515. The molecule has 98 valence electrons. The Morgan fingerprint density at radius 2 is 2.33 bits per heavy atom. The van der Waals surface area contributed by atoms with E-state index in [1.807, 2.05) is 13.0 Å². The van der Waals surface area contributed by atoms with Gasteiger partial charge in [0.05, 0.1) is 5.92 Å². The summed E-state index contributed by atoms with van der Waals surface area (Å²) in [7, 11) is 0. The lowest BCUT2D eigenvalue weighted by Gasteiger charge is -2.15. The van der Waals surface area contributed by atoms with E-state index >= 15 is 0 Å². The highest BCUT2D eigenvalue weighted by molar-refractivity contribution is 5.78. The summed E-state index contributed by atoms with van der Waals surface area (Å²) in [6, 6.07) is 1.89. The number of likely N-dealkylation sites (tertiary alicyclic amines) is 1. The maximum atomic E-state index is 11.9. The van der Waals surface area contributed by atoms with Gasteiger partial charge in [0.15, 0.2) is 0 Å². The Morgan fingerprint density at radius 1 is 1.56 bits per heavy atom. The summed E-state index contributed by atoms with van der Waals surface area (Å²) in [6.45, 7) is 3.37. The van der Waals surface area contributed by atoms with E-state index in [0.29, 0.717) is 32.5 Å². The van der Waals surface area contributed by atoms with Crippen LogP contribution >= 0.6 is 0 Å². The van der Waals surface area contributed by atoms with Crippen LogP contribution in [0.25, 0.3) is 0 Å². The Balaban J connectivity index is 1.83. The fraction of sp³-hybridized carbons (Fsp3) is 0.583. The Labute approximate surface area is 105 Å². The van der Waals surface area contributed by atoms with Crippen LogP contribution in [0.3, 0.4) is 0 Å². The number of rotatable bonds is 4. The maximum absolute atomic E-state index is 11.9. The topological polar surface area (TPSA) is 75.4 Å². The van der Waals surface area contributed by atoms with Crippen molar-refractivity contribution in [2.75, 3.05) is 13.1 Å². The minimum Gasteiger partial charge on any atom is -0.481 e. The van der Waals surface area contributed by atoms with Crippen molar-refractivity contribution in [3.8, 4) is 0 Å². The molecular formula is C12H17N3O3. The van der Waals surface area contributed by atoms with Gasteiger partial charge in [0.25, 0.3) is 0 Å². The molecule has 6 nitrogen and oxygen atoms in total. The lowest BCUT2D eigenvalue weighted by molar-refractivity contribution is -0.141. The van der Waals surface area contributed by atoms with Crippen LogP contribution in [0.1, 0.15) is 18.5 Å². The zero-order valence-corrected chi connectivity index (χ0v) is 10.4. The van der Waals surface area contributed by atoms with Crippen molar-refractivity contribution >= 4 is 11.9 Å². The normalized spacial score (nSPS) is 19.2. The van der Waals surface area contributed by atoms with Gasteiger partial charge >= 0.3 is 5.97 Å². The fourth-order valence-electron chi connectivity index (χ4n) is 2.18. The van der Waals surface area contributed by atoms with Crippen LogP contribution in [0, 0.1) is 12.8 Å². The Hall–Kier alpha value is -1.85. The summed E-state index contributed by atoms with van der Waals surface area (Å²) in [4.78, 5) is 24.4. The van der Waals surface area contributed by atoms with E-state index in [4.69, 9.17) is 5.11 Å². The highest BCUT2D eigenvalue weighted by Crippen LogP contribution is 2.17. The first-order valence-electron chi connectivity index (χ1n) is 6.07. The molecule has 1 saturated heterocycles. The molecule has 1 aromatic heterocycles. The van der Waals surface area contributed by atoms with Gasteiger partial charge in [0.2, 0.25) is 5.91 Å². The molecular weight excluding hydrogens is 234 g/mol. The molecule has 1 N–H and O–H groups in total. The fourth-order valence-corrected chi connectivity index (χ4v) is 2.18. The number of aryl methyl sites for hydroxylation is 2. The first-order chi connectivity index (χ1) is 8.58. The zero-order valence-electron chi connectivity index (χ0n) is 10.4. The number of amides is 1. The van der Waals surface area contributed by atoms with E-state index in [9.17, 15) is 9.59 Å². The molecule has 1 aliphatic rings. The minimum atomic E-state index is -0.812. The van der Waals surface area contributed by atoms with Crippen LogP contribution in [0.5, 0.6) is 0 Å². The molecule has 1 amide bonds. The van der Waals surface area contributed by atoms with Crippen molar-refractivity contribution in [1.29, 1.82) is 0 Å². The van der Waals surface area contributed by atoms with E-state index in [0.717, 1.165) is 5.69 Å². The molecule has 0 saturated carbocycles. The number of aromatic nitrogens is 2. The number of carbonyl (C=O) groups excluding carboxylic acids is 1. The summed E-state index contributed by atoms with van der Waals surface area (Å²) in [6.07, 6.45) is 2.63. The molecule has 0 bridgehead atoms. The number of hydrogen-bond acceptors (Lipinski definition) is 3. The Morgan fingerprint density at radius 3 is 2.89 bits per heavy atom. The molecule has 1 unspecified atom stereocenters. The number of nitrogens with zero attached hydrogens (tertiary/aromatic N) is 3. The van der Waals surface area contributed by atoms with Gasteiger partial charge in [-0.05, 0) is 19.4 Å². The van der Waals surface area contributed by atoms with Gasteiger partial charge in [0, 0.05) is 37.9 Å². The van der Waals surface area contributed by atoms with Crippen LogP contribution in [0.15, 0.2) is 12.3 Å². The molecule has 2 rings (SSSR count). The van der Waals surface area contributed by atoms with Crippen LogP contribution < -0.4 is 0 Å². The Bertz CT molecular complexity index is 455. The summed E-state index contributed by atoms with van der Waals surface area (Å²) in [5.41, 5.74) is 1.02. The second-order valence-corrected chi connectivity index (χ2v) is 4.61. The quantitative estimate of drug-likeness (QED) is 0.846. The van der Waals surface area contributed by atoms with E-state index in [2.05, 4.69) is 5.10 Å². The Kier molecular flexibility index (Phi) is 3.64. The molecule has 1 aliphatic heterocycles. The minimum absolute atomic E-state index is 0.00801. The lowest BCUT2D eigenvalue weighted by Crippen LogP contribution is -2.30. The summed E-state index contributed by atoms with van der Waals surface area (Å²) < 4.78 is 1.78. The van der Waals surface area contributed by atoms with Gasteiger partial charge in [-0.3, -0.25) is 14.3 Å². The molecule has 0 aliphatic carbocycles. The molecule has 18 heavy (non-hydrogen) atoms. The third-order valence-electron chi connectivity index (χ3n) is 3.36. The molecule has 1 aromatic rings. The highest BCUT2D eigenvalue weighted by atomic mass is 16.4. The van der Waals surface area contributed by atoms with Crippen molar-refractivity contribution in [2.45, 2.75) is 26.3 Å².